The number of carbonyl (C=O) groups is 1. The molecule has 32 heavy (non-hydrogen) atoms. The lowest BCUT2D eigenvalue weighted by Crippen LogP contribution is -2.33. The van der Waals surface area contributed by atoms with Crippen molar-refractivity contribution >= 4 is 28.5 Å². The lowest BCUT2D eigenvalue weighted by Gasteiger charge is -2.20. The van der Waals surface area contributed by atoms with Gasteiger partial charge in [-0.3, -0.25) is 4.79 Å². The maximum Gasteiger partial charge on any atom is 0.336 e. The van der Waals surface area contributed by atoms with Crippen molar-refractivity contribution in [2.45, 2.75) is 25.0 Å². The highest BCUT2D eigenvalue weighted by molar-refractivity contribution is 6.33. The van der Waals surface area contributed by atoms with Crippen LogP contribution in [0.25, 0.3) is 22.1 Å². The van der Waals surface area contributed by atoms with E-state index in [1.54, 1.807) is 12.1 Å². The predicted molar refractivity (Wildman–Crippen MR) is 124 cm³/mol. The molecule has 1 N–H and O–H groups in total. The van der Waals surface area contributed by atoms with Crippen LogP contribution < -0.4 is 15.7 Å². The molecule has 1 aliphatic rings. The standard InChI is InChI=1S/C26H20ClNO4/c27-21-13-20-19(16-7-3-1-4-8-16)14-24(29)31-22(20)15-23(21)32-25(17-9-5-2-6-10-17)26(30)28-18-11-12-18/h1-10,13-15,18,25H,11-12H2,(H,28,30). The van der Waals surface area contributed by atoms with Gasteiger partial charge in [-0.1, -0.05) is 72.3 Å². The van der Waals surface area contributed by atoms with Crippen LogP contribution in [0.1, 0.15) is 24.5 Å². The van der Waals surface area contributed by atoms with E-state index in [0.29, 0.717) is 21.6 Å². The van der Waals surface area contributed by atoms with E-state index < -0.39 is 11.7 Å². The zero-order valence-electron chi connectivity index (χ0n) is 17.1. The van der Waals surface area contributed by atoms with Gasteiger partial charge in [-0.25, -0.2) is 4.79 Å². The van der Waals surface area contributed by atoms with Gasteiger partial charge in [0.05, 0.1) is 5.02 Å². The lowest BCUT2D eigenvalue weighted by atomic mass is 10.0. The van der Waals surface area contributed by atoms with Gasteiger partial charge in [0.25, 0.3) is 5.91 Å². The minimum absolute atomic E-state index is 0.191. The summed E-state index contributed by atoms with van der Waals surface area (Å²) >= 11 is 6.58. The Bertz CT molecular complexity index is 1330. The molecule has 0 spiro atoms. The lowest BCUT2D eigenvalue weighted by molar-refractivity contribution is -0.128. The molecule has 0 radical (unpaired) electrons. The maximum absolute atomic E-state index is 12.9. The molecule has 0 aliphatic heterocycles. The number of rotatable bonds is 6. The van der Waals surface area contributed by atoms with Crippen LogP contribution in [0.3, 0.4) is 0 Å². The summed E-state index contributed by atoms with van der Waals surface area (Å²) in [5, 5.41) is 4.00. The summed E-state index contributed by atoms with van der Waals surface area (Å²) in [5.74, 6) is 0.0432. The first-order valence-corrected chi connectivity index (χ1v) is 10.8. The van der Waals surface area contributed by atoms with Crippen LogP contribution in [0.5, 0.6) is 5.75 Å². The Balaban J connectivity index is 1.56. The van der Waals surface area contributed by atoms with Crippen LogP contribution in [0.15, 0.2) is 88.1 Å². The smallest absolute Gasteiger partial charge is 0.336 e. The van der Waals surface area contributed by atoms with Gasteiger partial charge in [0.2, 0.25) is 6.10 Å². The predicted octanol–water partition coefficient (Wildman–Crippen LogP) is 5.51. The van der Waals surface area contributed by atoms with Crippen molar-refractivity contribution < 1.29 is 13.9 Å². The molecule has 1 atom stereocenters. The number of fused-ring (bicyclic) bond motifs is 1. The number of carbonyl (C=O) groups excluding carboxylic acids is 1. The van der Waals surface area contributed by atoms with Gasteiger partial charge in [-0.2, -0.15) is 0 Å². The molecule has 1 unspecified atom stereocenters. The highest BCUT2D eigenvalue weighted by Gasteiger charge is 2.30. The molecule has 1 fully saturated rings. The topological polar surface area (TPSA) is 68.5 Å². The summed E-state index contributed by atoms with van der Waals surface area (Å²) in [6, 6.07) is 23.7. The Hall–Kier alpha value is -3.57. The highest BCUT2D eigenvalue weighted by atomic mass is 35.5. The van der Waals surface area contributed by atoms with Crippen LogP contribution in [-0.2, 0) is 4.79 Å². The Labute approximate surface area is 189 Å². The Morgan fingerprint density at radius 1 is 1.00 bits per heavy atom. The van der Waals surface area contributed by atoms with E-state index in [-0.39, 0.29) is 17.7 Å². The van der Waals surface area contributed by atoms with E-state index in [1.165, 1.54) is 6.07 Å². The van der Waals surface area contributed by atoms with Crippen molar-refractivity contribution in [2.75, 3.05) is 0 Å². The second-order valence-electron chi connectivity index (χ2n) is 7.82. The zero-order valence-corrected chi connectivity index (χ0v) is 17.8. The molecular weight excluding hydrogens is 426 g/mol. The molecule has 5 nitrogen and oxygen atoms in total. The van der Waals surface area contributed by atoms with E-state index in [0.717, 1.165) is 24.0 Å². The quantitative estimate of drug-likeness (QED) is 0.397. The molecule has 1 heterocycles. The highest BCUT2D eigenvalue weighted by Crippen LogP contribution is 2.37. The Morgan fingerprint density at radius 2 is 1.69 bits per heavy atom. The van der Waals surface area contributed by atoms with Gasteiger partial charge in [0.15, 0.2) is 0 Å². The summed E-state index contributed by atoms with van der Waals surface area (Å²) in [4.78, 5) is 25.2. The van der Waals surface area contributed by atoms with E-state index in [4.69, 9.17) is 20.8 Å². The number of ether oxygens (including phenoxy) is 1. The molecule has 5 rings (SSSR count). The fourth-order valence-electron chi connectivity index (χ4n) is 3.64. The summed E-state index contributed by atoms with van der Waals surface area (Å²) in [6.45, 7) is 0. The van der Waals surface area contributed by atoms with Crippen molar-refractivity contribution in [3.8, 4) is 16.9 Å². The molecule has 160 valence electrons. The van der Waals surface area contributed by atoms with Crippen molar-refractivity contribution in [3.05, 3.63) is 99.9 Å². The summed E-state index contributed by atoms with van der Waals surface area (Å²) in [7, 11) is 0. The number of halogens is 1. The third kappa shape index (κ3) is 4.25. The molecular formula is C26H20ClNO4. The van der Waals surface area contributed by atoms with Crippen LogP contribution in [0.4, 0.5) is 0 Å². The second-order valence-corrected chi connectivity index (χ2v) is 8.22. The summed E-state index contributed by atoms with van der Waals surface area (Å²) in [6.07, 6.45) is 1.06. The maximum atomic E-state index is 12.9. The van der Waals surface area contributed by atoms with Crippen LogP contribution in [0, 0.1) is 0 Å². The average Bonchev–Trinajstić information content (AvgIpc) is 3.62. The summed E-state index contributed by atoms with van der Waals surface area (Å²) in [5.41, 5.74) is 2.17. The monoisotopic (exact) mass is 445 g/mol. The molecule has 1 amide bonds. The number of benzene rings is 3. The Kier molecular flexibility index (Phi) is 5.41. The van der Waals surface area contributed by atoms with E-state index >= 15 is 0 Å². The third-order valence-corrected chi connectivity index (χ3v) is 5.69. The normalized spacial score (nSPS) is 14.2. The number of nitrogens with one attached hydrogen (secondary N) is 1. The first-order chi connectivity index (χ1) is 15.6. The molecule has 0 saturated heterocycles. The SMILES string of the molecule is O=C(NC1CC1)C(Oc1cc2oc(=O)cc(-c3ccccc3)c2cc1Cl)c1ccccc1. The van der Waals surface area contributed by atoms with Gasteiger partial charge < -0.3 is 14.5 Å². The van der Waals surface area contributed by atoms with Crippen molar-refractivity contribution in [1.82, 2.24) is 5.32 Å². The second kappa shape index (κ2) is 8.52. The molecule has 1 saturated carbocycles. The minimum Gasteiger partial charge on any atom is -0.474 e. The van der Waals surface area contributed by atoms with Gasteiger partial charge in [0, 0.05) is 29.1 Å². The molecule has 1 aliphatic carbocycles. The van der Waals surface area contributed by atoms with Crippen molar-refractivity contribution in [1.29, 1.82) is 0 Å². The first kappa shape index (κ1) is 20.3. The Morgan fingerprint density at radius 3 is 2.38 bits per heavy atom. The molecule has 4 aromatic rings. The largest absolute Gasteiger partial charge is 0.474 e. The third-order valence-electron chi connectivity index (χ3n) is 5.39. The molecule has 0 bridgehead atoms. The van der Waals surface area contributed by atoms with Gasteiger partial charge in [-0.05, 0) is 30.0 Å². The average molecular weight is 446 g/mol. The molecule has 1 aromatic heterocycles. The van der Waals surface area contributed by atoms with Gasteiger partial charge in [-0.15, -0.1) is 0 Å². The van der Waals surface area contributed by atoms with Crippen LogP contribution in [-0.4, -0.2) is 11.9 Å². The molecule has 6 heteroatoms. The fraction of sp³-hybridized carbons (Fsp3) is 0.154. The van der Waals surface area contributed by atoms with E-state index in [1.807, 2.05) is 60.7 Å². The van der Waals surface area contributed by atoms with Crippen LogP contribution >= 0.6 is 11.6 Å². The number of hydrogen-bond acceptors (Lipinski definition) is 4. The fourth-order valence-corrected chi connectivity index (χ4v) is 3.85. The van der Waals surface area contributed by atoms with Gasteiger partial charge >= 0.3 is 5.63 Å². The minimum atomic E-state index is -0.879. The van der Waals surface area contributed by atoms with Crippen molar-refractivity contribution in [3.63, 3.8) is 0 Å². The van der Waals surface area contributed by atoms with Crippen LogP contribution in [0.2, 0.25) is 5.02 Å². The summed E-state index contributed by atoms with van der Waals surface area (Å²) < 4.78 is 11.6. The molecule has 3 aromatic carbocycles. The number of hydrogen-bond donors (Lipinski definition) is 1. The van der Waals surface area contributed by atoms with E-state index in [9.17, 15) is 9.59 Å². The number of amides is 1. The van der Waals surface area contributed by atoms with Gasteiger partial charge in [0.1, 0.15) is 11.3 Å². The van der Waals surface area contributed by atoms with Crippen molar-refractivity contribution in [2.24, 2.45) is 0 Å². The van der Waals surface area contributed by atoms with E-state index in [2.05, 4.69) is 5.32 Å². The zero-order chi connectivity index (χ0) is 22.1. The first-order valence-electron chi connectivity index (χ1n) is 10.4.